The Labute approximate surface area is 103 Å². The summed E-state index contributed by atoms with van der Waals surface area (Å²) in [4.78, 5) is 0. The topological polar surface area (TPSA) is 33.0 Å². The molecular weight excluding hydrogens is 236 g/mol. The second kappa shape index (κ2) is 4.84. The van der Waals surface area contributed by atoms with E-state index in [0.717, 1.165) is 0 Å². The van der Waals surface area contributed by atoms with Crippen molar-refractivity contribution in [3.05, 3.63) is 59.2 Å². The van der Waals surface area contributed by atoms with Crippen molar-refractivity contribution in [1.29, 1.82) is 5.26 Å². The van der Waals surface area contributed by atoms with Gasteiger partial charge >= 0.3 is 0 Å². The maximum absolute atomic E-state index is 13.3. The predicted octanol–water partition coefficient (Wildman–Crippen LogP) is 3.94. The Balaban J connectivity index is 2.37. The van der Waals surface area contributed by atoms with E-state index in [2.05, 4.69) is 0 Å². The van der Waals surface area contributed by atoms with Gasteiger partial charge in [-0.2, -0.15) is 5.26 Å². The second-order valence-corrected chi connectivity index (χ2v) is 3.74. The Kier molecular flexibility index (Phi) is 3.24. The molecule has 2 rings (SSSR count). The average molecular weight is 245 g/mol. The van der Waals surface area contributed by atoms with Crippen LogP contribution in [-0.4, -0.2) is 0 Å². The molecule has 18 heavy (non-hydrogen) atoms. The van der Waals surface area contributed by atoms with Gasteiger partial charge in [0, 0.05) is 0 Å². The first-order valence-corrected chi connectivity index (χ1v) is 5.24. The molecule has 0 saturated heterocycles. The lowest BCUT2D eigenvalue weighted by atomic mass is 10.2. The number of hydrogen-bond donors (Lipinski definition) is 0. The molecule has 0 atom stereocenters. The molecule has 0 amide bonds. The van der Waals surface area contributed by atoms with Gasteiger partial charge in [0.25, 0.3) is 0 Å². The smallest absolute Gasteiger partial charge is 0.148 e. The molecule has 2 nitrogen and oxygen atoms in total. The fourth-order valence-corrected chi connectivity index (χ4v) is 1.51. The van der Waals surface area contributed by atoms with Crippen LogP contribution < -0.4 is 4.74 Å². The standard InChI is InChI=1S/C14H9F2NO/c1-9-7-10(5-6-12(9)15)18-14-4-2-3-13(16)11(14)8-17/h2-7H,1H3. The molecule has 0 aromatic heterocycles. The van der Waals surface area contributed by atoms with Gasteiger partial charge in [0.1, 0.15) is 34.8 Å². The molecule has 2 aromatic carbocycles. The van der Waals surface area contributed by atoms with Gasteiger partial charge in [0.15, 0.2) is 0 Å². The van der Waals surface area contributed by atoms with Crippen LogP contribution in [-0.2, 0) is 0 Å². The SMILES string of the molecule is Cc1cc(Oc2cccc(F)c2C#N)ccc1F. The van der Waals surface area contributed by atoms with Crippen LogP contribution in [0.25, 0.3) is 0 Å². The Morgan fingerprint density at radius 1 is 1.11 bits per heavy atom. The van der Waals surface area contributed by atoms with E-state index in [4.69, 9.17) is 10.00 Å². The molecule has 0 saturated carbocycles. The first kappa shape index (κ1) is 12.1. The van der Waals surface area contributed by atoms with Crippen molar-refractivity contribution in [2.24, 2.45) is 0 Å². The Morgan fingerprint density at radius 2 is 1.89 bits per heavy atom. The number of hydrogen-bond acceptors (Lipinski definition) is 2. The summed E-state index contributed by atoms with van der Waals surface area (Å²) < 4.78 is 31.8. The van der Waals surface area contributed by atoms with Crippen LogP contribution in [0.4, 0.5) is 8.78 Å². The Morgan fingerprint density at radius 3 is 2.56 bits per heavy atom. The first-order chi connectivity index (χ1) is 8.61. The van der Waals surface area contributed by atoms with Crippen molar-refractivity contribution in [3.63, 3.8) is 0 Å². The number of halogens is 2. The quantitative estimate of drug-likeness (QED) is 0.802. The minimum Gasteiger partial charge on any atom is -0.456 e. The molecule has 0 unspecified atom stereocenters. The van der Waals surface area contributed by atoms with Gasteiger partial charge in [-0.3, -0.25) is 0 Å². The maximum atomic E-state index is 13.3. The molecule has 0 aliphatic rings. The zero-order chi connectivity index (χ0) is 13.1. The fourth-order valence-electron chi connectivity index (χ4n) is 1.51. The summed E-state index contributed by atoms with van der Waals surface area (Å²) in [6.45, 7) is 1.60. The van der Waals surface area contributed by atoms with Gasteiger partial charge in [-0.25, -0.2) is 8.78 Å². The molecule has 0 radical (unpaired) electrons. The van der Waals surface area contributed by atoms with Gasteiger partial charge in [-0.15, -0.1) is 0 Å². The minimum absolute atomic E-state index is 0.114. The molecule has 0 aliphatic heterocycles. The molecule has 90 valence electrons. The highest BCUT2D eigenvalue weighted by Gasteiger charge is 2.10. The van der Waals surface area contributed by atoms with Gasteiger partial charge in [0.05, 0.1) is 0 Å². The lowest BCUT2D eigenvalue weighted by Gasteiger charge is -2.08. The van der Waals surface area contributed by atoms with E-state index in [0.29, 0.717) is 11.3 Å². The van der Waals surface area contributed by atoms with Gasteiger partial charge < -0.3 is 4.74 Å². The molecule has 0 N–H and O–H groups in total. The maximum Gasteiger partial charge on any atom is 0.148 e. The monoisotopic (exact) mass is 245 g/mol. The average Bonchev–Trinajstić information content (AvgIpc) is 2.34. The van der Waals surface area contributed by atoms with Crippen molar-refractivity contribution in [1.82, 2.24) is 0 Å². The molecule has 0 spiro atoms. The van der Waals surface area contributed by atoms with E-state index in [1.54, 1.807) is 13.0 Å². The molecule has 4 heteroatoms. The highest BCUT2D eigenvalue weighted by molar-refractivity contribution is 5.46. The lowest BCUT2D eigenvalue weighted by Crippen LogP contribution is -1.92. The zero-order valence-corrected chi connectivity index (χ0v) is 9.58. The fraction of sp³-hybridized carbons (Fsp3) is 0.0714. The summed E-state index contributed by atoms with van der Waals surface area (Å²) in [5.41, 5.74) is 0.252. The van der Waals surface area contributed by atoms with Crippen LogP contribution in [0.2, 0.25) is 0 Å². The predicted molar refractivity (Wildman–Crippen MR) is 62.3 cm³/mol. The van der Waals surface area contributed by atoms with Crippen LogP contribution in [0, 0.1) is 29.9 Å². The highest BCUT2D eigenvalue weighted by Crippen LogP contribution is 2.27. The van der Waals surface area contributed by atoms with Crippen molar-refractivity contribution < 1.29 is 13.5 Å². The number of aryl methyl sites for hydroxylation is 1. The van der Waals surface area contributed by atoms with E-state index >= 15 is 0 Å². The Hall–Kier alpha value is -2.41. The summed E-state index contributed by atoms with van der Waals surface area (Å²) >= 11 is 0. The largest absolute Gasteiger partial charge is 0.456 e. The first-order valence-electron chi connectivity index (χ1n) is 5.24. The van der Waals surface area contributed by atoms with Crippen molar-refractivity contribution in [2.45, 2.75) is 6.92 Å². The van der Waals surface area contributed by atoms with E-state index in [-0.39, 0.29) is 17.1 Å². The van der Waals surface area contributed by atoms with E-state index in [9.17, 15) is 8.78 Å². The Bertz CT molecular complexity index is 632. The molecule has 0 heterocycles. The number of benzene rings is 2. The summed E-state index contributed by atoms with van der Waals surface area (Å²) in [7, 11) is 0. The zero-order valence-electron chi connectivity index (χ0n) is 9.58. The summed E-state index contributed by atoms with van der Waals surface area (Å²) in [5.74, 6) is -0.518. The van der Waals surface area contributed by atoms with Crippen LogP contribution in [0.15, 0.2) is 36.4 Å². The summed E-state index contributed by atoms with van der Waals surface area (Å²) in [6.07, 6.45) is 0. The van der Waals surface area contributed by atoms with Crippen molar-refractivity contribution >= 4 is 0 Å². The van der Waals surface area contributed by atoms with Crippen LogP contribution in [0.5, 0.6) is 11.5 Å². The number of nitrogens with zero attached hydrogens (tertiary/aromatic N) is 1. The van der Waals surface area contributed by atoms with Gasteiger partial charge in [-0.05, 0) is 42.8 Å². The van der Waals surface area contributed by atoms with E-state index < -0.39 is 5.82 Å². The number of ether oxygens (including phenoxy) is 1. The third kappa shape index (κ3) is 2.30. The molecule has 0 aliphatic carbocycles. The molecule has 0 bridgehead atoms. The normalized spacial score (nSPS) is 9.89. The van der Waals surface area contributed by atoms with Crippen molar-refractivity contribution in [2.75, 3.05) is 0 Å². The van der Waals surface area contributed by atoms with Crippen molar-refractivity contribution in [3.8, 4) is 17.6 Å². The molecule has 2 aromatic rings. The minimum atomic E-state index is -0.645. The number of rotatable bonds is 2. The third-order valence-electron chi connectivity index (χ3n) is 2.44. The van der Waals surface area contributed by atoms with Crippen LogP contribution in [0.3, 0.4) is 0 Å². The van der Waals surface area contributed by atoms with Gasteiger partial charge in [0.2, 0.25) is 0 Å². The molecule has 0 fully saturated rings. The molecular formula is C14H9F2NO. The van der Waals surface area contributed by atoms with Crippen LogP contribution >= 0.6 is 0 Å². The second-order valence-electron chi connectivity index (χ2n) is 3.74. The van der Waals surface area contributed by atoms with Gasteiger partial charge in [-0.1, -0.05) is 6.07 Å². The van der Waals surface area contributed by atoms with Crippen LogP contribution in [0.1, 0.15) is 11.1 Å². The highest BCUT2D eigenvalue weighted by atomic mass is 19.1. The van der Waals surface area contributed by atoms with E-state index in [1.807, 2.05) is 0 Å². The summed E-state index contributed by atoms with van der Waals surface area (Å²) in [6, 6.07) is 10.0. The summed E-state index contributed by atoms with van der Waals surface area (Å²) in [5, 5.41) is 8.85. The lowest BCUT2D eigenvalue weighted by molar-refractivity contribution is 0.472. The van der Waals surface area contributed by atoms with E-state index in [1.165, 1.54) is 36.4 Å². The third-order valence-corrected chi connectivity index (χ3v) is 2.44. The number of nitriles is 1.